The Morgan fingerprint density at radius 3 is 2.37 bits per heavy atom. The number of carbonyl (C=O) groups excluding carboxylic acids is 1. The maximum Gasteiger partial charge on any atom is 0.412 e. The molecule has 7 heteroatoms. The fourth-order valence-corrected chi connectivity index (χ4v) is 1.26. The van der Waals surface area contributed by atoms with Gasteiger partial charge < -0.3 is 14.9 Å². The molecule has 1 aromatic rings. The summed E-state index contributed by atoms with van der Waals surface area (Å²) in [6.07, 6.45) is -0.996. The Morgan fingerprint density at radius 1 is 1.32 bits per heavy atom. The summed E-state index contributed by atoms with van der Waals surface area (Å²) in [5.74, 6) is -3.34. The number of phenolic OH excluding ortho intramolecular Hbond substituents is 1. The largest absolute Gasteiger partial charge is 0.506 e. The predicted octanol–water partition coefficient (Wildman–Crippen LogP) is 2.58. The summed E-state index contributed by atoms with van der Waals surface area (Å²) in [6, 6.07) is 1.87. The highest BCUT2D eigenvalue weighted by Gasteiger charge is 2.22. The van der Waals surface area contributed by atoms with Crippen molar-refractivity contribution in [3.8, 4) is 5.75 Å². The topological polar surface area (TPSA) is 95.9 Å². The van der Waals surface area contributed by atoms with Gasteiger partial charge in [-0.25, -0.2) is 14.0 Å². The average molecular weight is 271 g/mol. The second-order valence-electron chi connectivity index (χ2n) is 4.75. The highest BCUT2D eigenvalue weighted by atomic mass is 19.1. The fraction of sp³-hybridized carbons (Fsp3) is 0.333. The van der Waals surface area contributed by atoms with E-state index in [1.54, 1.807) is 20.8 Å². The highest BCUT2D eigenvalue weighted by Crippen LogP contribution is 2.29. The lowest BCUT2D eigenvalue weighted by molar-refractivity contribution is 0.0630. The zero-order chi connectivity index (χ0) is 14.8. The number of aromatic hydroxyl groups is 1. The van der Waals surface area contributed by atoms with Crippen molar-refractivity contribution in [2.24, 2.45) is 0 Å². The fourth-order valence-electron chi connectivity index (χ4n) is 1.26. The van der Waals surface area contributed by atoms with Crippen LogP contribution in [-0.2, 0) is 4.74 Å². The van der Waals surface area contributed by atoms with Gasteiger partial charge >= 0.3 is 12.1 Å². The summed E-state index contributed by atoms with van der Waals surface area (Å²) in [6.45, 7) is 4.82. The number of aromatic carboxylic acids is 1. The molecule has 0 radical (unpaired) electrons. The first-order valence-corrected chi connectivity index (χ1v) is 5.36. The molecule has 0 fully saturated rings. The van der Waals surface area contributed by atoms with Crippen molar-refractivity contribution in [2.45, 2.75) is 26.4 Å². The summed E-state index contributed by atoms with van der Waals surface area (Å²) in [4.78, 5) is 22.2. The predicted molar refractivity (Wildman–Crippen MR) is 64.9 cm³/mol. The lowest BCUT2D eigenvalue weighted by atomic mass is 10.1. The molecule has 6 nitrogen and oxygen atoms in total. The van der Waals surface area contributed by atoms with E-state index in [-0.39, 0.29) is 0 Å². The lowest BCUT2D eigenvalue weighted by Crippen LogP contribution is -2.27. The van der Waals surface area contributed by atoms with Crippen LogP contribution in [-0.4, -0.2) is 27.9 Å². The van der Waals surface area contributed by atoms with Crippen LogP contribution in [0, 0.1) is 5.82 Å². The van der Waals surface area contributed by atoms with Crippen LogP contribution in [0.5, 0.6) is 5.75 Å². The molecule has 0 spiro atoms. The molecular formula is C12H14FNO5. The van der Waals surface area contributed by atoms with Crippen LogP contribution < -0.4 is 5.32 Å². The van der Waals surface area contributed by atoms with Crippen LogP contribution in [0.3, 0.4) is 0 Å². The number of ether oxygens (including phenoxy) is 1. The number of halogens is 1. The summed E-state index contributed by atoms with van der Waals surface area (Å²) >= 11 is 0. The SMILES string of the molecule is CC(C)(C)OC(=O)Nc1c(O)ccc(C(=O)O)c1F. The quantitative estimate of drug-likeness (QED) is 0.718. The van der Waals surface area contributed by atoms with Crippen molar-refractivity contribution in [1.82, 2.24) is 0 Å². The number of phenols is 1. The second kappa shape index (κ2) is 5.13. The molecule has 0 atom stereocenters. The minimum Gasteiger partial charge on any atom is -0.506 e. The zero-order valence-electron chi connectivity index (χ0n) is 10.7. The zero-order valence-corrected chi connectivity index (χ0v) is 10.7. The average Bonchev–Trinajstić information content (AvgIpc) is 2.21. The van der Waals surface area contributed by atoms with Crippen LogP contribution in [0.15, 0.2) is 12.1 Å². The molecule has 0 saturated heterocycles. The van der Waals surface area contributed by atoms with Crippen LogP contribution >= 0.6 is 0 Å². The molecule has 3 N–H and O–H groups in total. The normalized spacial score (nSPS) is 10.9. The number of amides is 1. The Labute approximate surface area is 108 Å². The number of nitrogens with one attached hydrogen (secondary N) is 1. The molecule has 0 aromatic heterocycles. The first-order valence-electron chi connectivity index (χ1n) is 5.36. The molecule has 1 rings (SSSR count). The Morgan fingerprint density at radius 2 is 1.89 bits per heavy atom. The maximum atomic E-state index is 13.8. The second-order valence-corrected chi connectivity index (χ2v) is 4.75. The van der Waals surface area contributed by atoms with E-state index in [0.29, 0.717) is 0 Å². The molecule has 0 unspecified atom stereocenters. The Hall–Kier alpha value is -2.31. The standard InChI is InChI=1S/C12H14FNO5/c1-12(2,3)19-11(18)14-9-7(15)5-4-6(8(9)13)10(16)17/h4-5,15H,1-3H3,(H,14,18)(H,16,17). The van der Waals surface area contributed by atoms with Crippen molar-refractivity contribution in [3.63, 3.8) is 0 Å². The van der Waals surface area contributed by atoms with Crippen molar-refractivity contribution >= 4 is 17.7 Å². The third-order valence-corrected chi connectivity index (χ3v) is 1.98. The smallest absolute Gasteiger partial charge is 0.412 e. The van der Waals surface area contributed by atoms with E-state index in [9.17, 15) is 19.1 Å². The minimum atomic E-state index is -1.51. The first kappa shape index (κ1) is 14.7. The number of anilines is 1. The number of carbonyl (C=O) groups is 2. The van der Waals surface area contributed by atoms with Gasteiger partial charge in [0.1, 0.15) is 17.0 Å². The monoisotopic (exact) mass is 271 g/mol. The number of hydrogen-bond acceptors (Lipinski definition) is 4. The van der Waals surface area contributed by atoms with E-state index >= 15 is 0 Å². The molecule has 1 amide bonds. The number of carboxylic acid groups (broad SMARTS) is 1. The van der Waals surface area contributed by atoms with Gasteiger partial charge in [0.15, 0.2) is 5.82 Å². The van der Waals surface area contributed by atoms with Gasteiger partial charge in [-0.2, -0.15) is 0 Å². The van der Waals surface area contributed by atoms with Crippen LogP contribution in [0.25, 0.3) is 0 Å². The first-order chi connectivity index (χ1) is 8.61. The molecule has 0 bridgehead atoms. The Kier molecular flexibility index (Phi) is 3.98. The molecule has 0 heterocycles. The molecule has 104 valence electrons. The number of benzene rings is 1. The van der Waals surface area contributed by atoms with E-state index in [1.165, 1.54) is 0 Å². The number of rotatable bonds is 2. The van der Waals surface area contributed by atoms with Gasteiger partial charge in [0.2, 0.25) is 0 Å². The summed E-state index contributed by atoms with van der Waals surface area (Å²) < 4.78 is 18.6. The van der Waals surface area contributed by atoms with Crippen LogP contribution in [0.1, 0.15) is 31.1 Å². The molecular weight excluding hydrogens is 257 g/mol. The van der Waals surface area contributed by atoms with E-state index < -0.39 is 40.5 Å². The summed E-state index contributed by atoms with van der Waals surface area (Å²) in [5.41, 5.74) is -2.10. The van der Waals surface area contributed by atoms with E-state index in [2.05, 4.69) is 0 Å². The molecule has 1 aromatic carbocycles. The molecule has 0 aliphatic carbocycles. The van der Waals surface area contributed by atoms with Crippen molar-refractivity contribution in [3.05, 3.63) is 23.5 Å². The number of carboxylic acids is 1. The number of hydrogen-bond donors (Lipinski definition) is 3. The molecule has 0 saturated carbocycles. The lowest BCUT2D eigenvalue weighted by Gasteiger charge is -2.20. The molecule has 0 aliphatic heterocycles. The molecule has 19 heavy (non-hydrogen) atoms. The summed E-state index contributed by atoms with van der Waals surface area (Å²) in [5, 5.41) is 20.2. The third-order valence-electron chi connectivity index (χ3n) is 1.98. The van der Waals surface area contributed by atoms with Crippen molar-refractivity contribution in [2.75, 3.05) is 5.32 Å². The maximum absolute atomic E-state index is 13.8. The summed E-state index contributed by atoms with van der Waals surface area (Å²) in [7, 11) is 0. The Bertz CT molecular complexity index is 522. The van der Waals surface area contributed by atoms with Gasteiger partial charge in [-0.05, 0) is 32.9 Å². The van der Waals surface area contributed by atoms with Gasteiger partial charge in [-0.1, -0.05) is 0 Å². The van der Waals surface area contributed by atoms with Crippen LogP contribution in [0.2, 0.25) is 0 Å². The van der Waals surface area contributed by atoms with Gasteiger partial charge in [0.25, 0.3) is 0 Å². The van der Waals surface area contributed by atoms with Gasteiger partial charge in [0, 0.05) is 0 Å². The molecule has 0 aliphatic rings. The van der Waals surface area contributed by atoms with Crippen molar-refractivity contribution in [1.29, 1.82) is 0 Å². The van der Waals surface area contributed by atoms with Gasteiger partial charge in [0.05, 0.1) is 5.56 Å². The van der Waals surface area contributed by atoms with Gasteiger partial charge in [-0.3, -0.25) is 5.32 Å². The van der Waals surface area contributed by atoms with E-state index in [4.69, 9.17) is 9.84 Å². The third kappa shape index (κ3) is 3.84. The van der Waals surface area contributed by atoms with Crippen molar-refractivity contribution < 1.29 is 28.9 Å². The highest BCUT2D eigenvalue weighted by molar-refractivity contribution is 5.93. The van der Waals surface area contributed by atoms with Crippen LogP contribution in [0.4, 0.5) is 14.9 Å². The van der Waals surface area contributed by atoms with Gasteiger partial charge in [-0.15, -0.1) is 0 Å². The Balaban J connectivity index is 3.04. The van der Waals surface area contributed by atoms with E-state index in [1.807, 2.05) is 5.32 Å². The van der Waals surface area contributed by atoms with E-state index in [0.717, 1.165) is 12.1 Å². The minimum absolute atomic E-state index is 0.589.